The van der Waals surface area contributed by atoms with Crippen LogP contribution in [0, 0.1) is 0 Å². The summed E-state index contributed by atoms with van der Waals surface area (Å²) in [4.78, 5) is 28.1. The minimum Gasteiger partial charge on any atom is -0.497 e. The van der Waals surface area contributed by atoms with Crippen LogP contribution in [0.4, 0.5) is 5.69 Å². The van der Waals surface area contributed by atoms with Crippen molar-refractivity contribution in [3.05, 3.63) is 54.5 Å². The van der Waals surface area contributed by atoms with Crippen molar-refractivity contribution >= 4 is 17.5 Å². The van der Waals surface area contributed by atoms with Crippen LogP contribution in [-0.2, 0) is 4.79 Å². The molecular formula is C20H20N4O5. The number of ether oxygens (including phenoxy) is 2. The summed E-state index contributed by atoms with van der Waals surface area (Å²) in [6.07, 6.45) is 3.26. The van der Waals surface area contributed by atoms with E-state index < -0.39 is 5.91 Å². The van der Waals surface area contributed by atoms with Gasteiger partial charge in [0.05, 0.1) is 31.7 Å². The van der Waals surface area contributed by atoms with Gasteiger partial charge in [-0.15, -0.1) is 0 Å². The van der Waals surface area contributed by atoms with Gasteiger partial charge in [-0.1, -0.05) is 5.16 Å². The number of hydrogen-bond acceptors (Lipinski definition) is 7. The molecule has 29 heavy (non-hydrogen) atoms. The number of hydrogen-bond donors (Lipinski definition) is 2. The third-order valence-corrected chi connectivity index (χ3v) is 4.00. The number of carbonyl (C=O) groups excluding carboxylic acids is 2. The number of nitrogens with zero attached hydrogens (tertiary/aromatic N) is 2. The maximum atomic E-state index is 12.3. The lowest BCUT2D eigenvalue weighted by molar-refractivity contribution is -0.116. The molecular weight excluding hydrogens is 376 g/mol. The highest BCUT2D eigenvalue weighted by Gasteiger charge is 2.17. The molecule has 0 unspecified atom stereocenters. The number of methoxy groups -OCH3 is 2. The van der Waals surface area contributed by atoms with Crippen molar-refractivity contribution in [2.24, 2.45) is 0 Å². The average Bonchev–Trinajstić information content (AvgIpc) is 3.24. The zero-order valence-electron chi connectivity index (χ0n) is 16.0. The van der Waals surface area contributed by atoms with E-state index in [9.17, 15) is 9.59 Å². The number of pyridine rings is 1. The van der Waals surface area contributed by atoms with E-state index >= 15 is 0 Å². The van der Waals surface area contributed by atoms with E-state index in [0.717, 1.165) is 0 Å². The Bertz CT molecular complexity index is 988. The van der Waals surface area contributed by atoms with E-state index in [4.69, 9.17) is 14.0 Å². The average molecular weight is 396 g/mol. The molecule has 0 fully saturated rings. The molecule has 2 N–H and O–H groups in total. The smallest absolute Gasteiger partial charge is 0.273 e. The summed E-state index contributed by atoms with van der Waals surface area (Å²) in [6, 6.07) is 10.2. The number of carbonyl (C=O) groups is 2. The molecule has 0 bridgehead atoms. The van der Waals surface area contributed by atoms with Crippen molar-refractivity contribution in [2.45, 2.75) is 6.42 Å². The van der Waals surface area contributed by atoms with Gasteiger partial charge in [-0.05, 0) is 30.3 Å². The Morgan fingerprint density at radius 1 is 1.14 bits per heavy atom. The van der Waals surface area contributed by atoms with Gasteiger partial charge >= 0.3 is 0 Å². The third kappa shape index (κ3) is 5.10. The molecule has 0 aliphatic heterocycles. The van der Waals surface area contributed by atoms with E-state index in [-0.39, 0.29) is 24.6 Å². The molecule has 0 radical (unpaired) electrons. The van der Waals surface area contributed by atoms with Gasteiger partial charge in [0, 0.05) is 25.2 Å². The molecule has 0 aliphatic rings. The van der Waals surface area contributed by atoms with Crippen molar-refractivity contribution in [3.8, 4) is 22.8 Å². The van der Waals surface area contributed by atoms with E-state index in [1.54, 1.807) is 49.8 Å². The molecule has 2 amide bonds. The van der Waals surface area contributed by atoms with Crippen LogP contribution in [0.3, 0.4) is 0 Å². The Hall–Kier alpha value is -3.88. The van der Waals surface area contributed by atoms with Gasteiger partial charge < -0.3 is 24.6 Å². The van der Waals surface area contributed by atoms with E-state index in [2.05, 4.69) is 20.8 Å². The van der Waals surface area contributed by atoms with Crippen molar-refractivity contribution in [3.63, 3.8) is 0 Å². The Morgan fingerprint density at radius 2 is 2.00 bits per heavy atom. The summed E-state index contributed by atoms with van der Waals surface area (Å²) in [6.45, 7) is 0.148. The predicted molar refractivity (Wildman–Crippen MR) is 105 cm³/mol. The van der Waals surface area contributed by atoms with Gasteiger partial charge in [-0.3, -0.25) is 14.6 Å². The fraction of sp³-hybridized carbons (Fsp3) is 0.200. The second-order valence-electron chi connectivity index (χ2n) is 5.94. The minimum atomic E-state index is -0.448. The van der Waals surface area contributed by atoms with Crippen LogP contribution in [0.5, 0.6) is 11.5 Å². The molecule has 3 aromatic rings. The normalized spacial score (nSPS) is 10.3. The van der Waals surface area contributed by atoms with Crippen molar-refractivity contribution < 1.29 is 23.6 Å². The number of rotatable bonds is 8. The summed E-state index contributed by atoms with van der Waals surface area (Å²) in [5, 5.41) is 9.13. The molecule has 1 aromatic carbocycles. The second kappa shape index (κ2) is 9.36. The fourth-order valence-electron chi connectivity index (χ4n) is 2.56. The van der Waals surface area contributed by atoms with Crippen LogP contribution in [0.25, 0.3) is 11.3 Å². The Labute approximate surface area is 167 Å². The first kappa shape index (κ1) is 19.9. The molecule has 0 saturated carbocycles. The van der Waals surface area contributed by atoms with Crippen LogP contribution in [0.1, 0.15) is 16.9 Å². The standard InChI is InChI=1S/C20H20N4O5/c1-27-14-5-6-17(28-2)15(10-14)18-11-16(24-29-18)20(26)22-9-7-19(25)23-13-4-3-8-21-12-13/h3-6,8,10-12H,7,9H2,1-2H3,(H,22,26)(H,23,25). The number of anilines is 1. The van der Waals surface area contributed by atoms with Gasteiger partial charge in [0.1, 0.15) is 11.5 Å². The molecule has 9 heteroatoms. The van der Waals surface area contributed by atoms with Crippen molar-refractivity contribution in [1.82, 2.24) is 15.5 Å². The van der Waals surface area contributed by atoms with Crippen LogP contribution in [0.2, 0.25) is 0 Å². The predicted octanol–water partition coefficient (Wildman–Crippen LogP) is 2.51. The van der Waals surface area contributed by atoms with E-state index in [1.807, 2.05) is 0 Å². The first-order valence-corrected chi connectivity index (χ1v) is 8.78. The summed E-state index contributed by atoms with van der Waals surface area (Å²) in [5.41, 5.74) is 1.30. The van der Waals surface area contributed by atoms with E-state index in [0.29, 0.717) is 28.5 Å². The molecule has 0 aliphatic carbocycles. The lowest BCUT2D eigenvalue weighted by Gasteiger charge is -2.07. The Kier molecular flexibility index (Phi) is 6.41. The largest absolute Gasteiger partial charge is 0.497 e. The summed E-state index contributed by atoms with van der Waals surface area (Å²) < 4.78 is 15.8. The SMILES string of the molecule is COc1ccc(OC)c(-c2cc(C(=O)NCCC(=O)Nc3cccnc3)no2)c1. The highest BCUT2D eigenvalue weighted by molar-refractivity contribution is 5.94. The topological polar surface area (TPSA) is 116 Å². The lowest BCUT2D eigenvalue weighted by atomic mass is 10.1. The second-order valence-corrected chi connectivity index (χ2v) is 5.94. The number of nitrogens with one attached hydrogen (secondary N) is 2. The Morgan fingerprint density at radius 3 is 2.72 bits per heavy atom. The summed E-state index contributed by atoms with van der Waals surface area (Å²) in [7, 11) is 3.08. The zero-order chi connectivity index (χ0) is 20.6. The molecule has 0 spiro atoms. The van der Waals surface area contributed by atoms with Gasteiger partial charge in [-0.2, -0.15) is 0 Å². The Balaban J connectivity index is 1.58. The van der Waals surface area contributed by atoms with E-state index in [1.165, 1.54) is 13.2 Å². The molecule has 0 atom stereocenters. The third-order valence-electron chi connectivity index (χ3n) is 4.00. The number of amides is 2. The lowest BCUT2D eigenvalue weighted by Crippen LogP contribution is -2.27. The highest BCUT2D eigenvalue weighted by atomic mass is 16.5. The van der Waals surface area contributed by atoms with Crippen molar-refractivity contribution in [2.75, 3.05) is 26.1 Å². The van der Waals surface area contributed by atoms with Gasteiger partial charge in [0.25, 0.3) is 5.91 Å². The van der Waals surface area contributed by atoms with Crippen LogP contribution >= 0.6 is 0 Å². The minimum absolute atomic E-state index is 0.0949. The first-order chi connectivity index (χ1) is 14.1. The van der Waals surface area contributed by atoms with Gasteiger partial charge in [0.2, 0.25) is 5.91 Å². The van der Waals surface area contributed by atoms with Crippen LogP contribution < -0.4 is 20.1 Å². The van der Waals surface area contributed by atoms with Crippen LogP contribution in [0.15, 0.2) is 53.3 Å². The van der Waals surface area contributed by atoms with Crippen LogP contribution in [-0.4, -0.2) is 42.7 Å². The number of benzene rings is 1. The molecule has 150 valence electrons. The molecule has 2 heterocycles. The highest BCUT2D eigenvalue weighted by Crippen LogP contribution is 2.33. The maximum Gasteiger partial charge on any atom is 0.273 e. The monoisotopic (exact) mass is 396 g/mol. The van der Waals surface area contributed by atoms with Crippen molar-refractivity contribution in [1.29, 1.82) is 0 Å². The molecule has 9 nitrogen and oxygen atoms in total. The zero-order valence-corrected chi connectivity index (χ0v) is 16.0. The van der Waals surface area contributed by atoms with Gasteiger partial charge in [-0.25, -0.2) is 0 Å². The maximum absolute atomic E-state index is 12.3. The molecule has 2 aromatic heterocycles. The summed E-state index contributed by atoms with van der Waals surface area (Å²) >= 11 is 0. The van der Waals surface area contributed by atoms with Gasteiger partial charge in [0.15, 0.2) is 11.5 Å². The quantitative estimate of drug-likeness (QED) is 0.601. The number of aromatic nitrogens is 2. The summed E-state index contributed by atoms with van der Waals surface area (Å²) in [5.74, 6) is 0.848. The molecule has 3 rings (SSSR count). The molecule has 0 saturated heterocycles. The fourth-order valence-corrected chi connectivity index (χ4v) is 2.56. The first-order valence-electron chi connectivity index (χ1n) is 8.78.